The van der Waals surface area contributed by atoms with Gasteiger partial charge in [0.1, 0.15) is 0 Å². The molecule has 0 saturated carbocycles. The van der Waals surface area contributed by atoms with Crippen LogP contribution < -0.4 is 11.3 Å². The van der Waals surface area contributed by atoms with Crippen LogP contribution in [-0.4, -0.2) is 5.97 Å². The van der Waals surface area contributed by atoms with Gasteiger partial charge in [0.05, 0.1) is 0 Å². The Morgan fingerprint density at radius 3 is 1.21 bits per heavy atom. The zero-order valence-corrected chi connectivity index (χ0v) is 20.1. The zero-order valence-electron chi connectivity index (χ0n) is 20.1. The maximum Gasteiger partial charge on any atom is 0.0473 e. The molecule has 0 heterocycles. The first-order chi connectivity index (χ1) is 13.0. The fourth-order valence-electron chi connectivity index (χ4n) is 4.08. The number of quaternary nitrogens is 1. The van der Waals surface area contributed by atoms with Crippen LogP contribution >= 0.6 is 0 Å². The SMILES string of the molecule is CCCCCCCCCCC(CCCCCCCCCC)C(C)(C)C(=O)[O-].[NH4+]. The third kappa shape index (κ3) is 15.4. The van der Waals surface area contributed by atoms with Crippen LogP contribution in [0.1, 0.15) is 143 Å². The number of hydrogen-bond acceptors (Lipinski definition) is 2. The molecule has 0 aliphatic heterocycles. The van der Waals surface area contributed by atoms with E-state index >= 15 is 0 Å². The third-order valence-corrected chi connectivity index (χ3v) is 6.36. The van der Waals surface area contributed by atoms with Crippen molar-refractivity contribution in [2.75, 3.05) is 0 Å². The molecule has 0 radical (unpaired) electrons. The summed E-state index contributed by atoms with van der Waals surface area (Å²) < 4.78 is 0. The number of carbonyl (C=O) groups excluding carboxylic acids is 1. The molecular formula is C25H53NO2. The minimum Gasteiger partial charge on any atom is -0.550 e. The number of hydrogen-bond donors (Lipinski definition) is 1. The van der Waals surface area contributed by atoms with E-state index in [4.69, 9.17) is 0 Å². The largest absolute Gasteiger partial charge is 0.550 e. The summed E-state index contributed by atoms with van der Waals surface area (Å²) >= 11 is 0. The fraction of sp³-hybridized carbons (Fsp3) is 0.960. The predicted molar refractivity (Wildman–Crippen MR) is 123 cm³/mol. The first kappa shape index (κ1) is 29.6. The normalized spacial score (nSPS) is 11.6. The summed E-state index contributed by atoms with van der Waals surface area (Å²) in [6, 6.07) is 0. The standard InChI is InChI=1S/C25H50O2.H3N/c1-5-7-9-11-13-15-17-19-21-23(25(3,4)24(26)27)22-20-18-16-14-12-10-8-6-2;/h23H,5-22H2,1-4H3,(H,26,27);1H3. The maximum atomic E-state index is 11.6. The maximum absolute atomic E-state index is 11.6. The molecule has 0 aromatic carbocycles. The van der Waals surface area contributed by atoms with Crippen LogP contribution in [0.2, 0.25) is 0 Å². The number of rotatable bonds is 20. The van der Waals surface area contributed by atoms with Gasteiger partial charge < -0.3 is 16.1 Å². The van der Waals surface area contributed by atoms with E-state index < -0.39 is 11.4 Å². The number of aliphatic carboxylic acids is 1. The molecule has 0 aromatic rings. The Bertz CT molecular complexity index is 321. The van der Waals surface area contributed by atoms with Gasteiger partial charge in [-0.05, 0) is 18.8 Å². The van der Waals surface area contributed by atoms with Gasteiger partial charge in [-0.1, -0.05) is 130 Å². The summed E-state index contributed by atoms with van der Waals surface area (Å²) in [5, 5.41) is 11.6. The molecule has 4 N–H and O–H groups in total. The Hall–Kier alpha value is -0.570. The number of unbranched alkanes of at least 4 members (excludes halogenated alkanes) is 14. The Balaban J connectivity index is 0. The molecule has 28 heavy (non-hydrogen) atoms. The molecular weight excluding hydrogens is 346 g/mol. The van der Waals surface area contributed by atoms with E-state index in [1.807, 2.05) is 13.8 Å². The average Bonchev–Trinajstić information content (AvgIpc) is 2.63. The van der Waals surface area contributed by atoms with Gasteiger partial charge in [-0.15, -0.1) is 0 Å². The molecule has 0 bridgehead atoms. The summed E-state index contributed by atoms with van der Waals surface area (Å²) in [4.78, 5) is 11.6. The van der Waals surface area contributed by atoms with E-state index in [9.17, 15) is 9.90 Å². The number of carboxylic acids is 1. The van der Waals surface area contributed by atoms with Gasteiger partial charge in [0.2, 0.25) is 0 Å². The molecule has 0 aromatic heterocycles. The first-order valence-corrected chi connectivity index (χ1v) is 12.2. The molecule has 0 amide bonds. The van der Waals surface area contributed by atoms with Crippen LogP contribution in [0.25, 0.3) is 0 Å². The second-order valence-electron chi connectivity index (χ2n) is 9.23. The van der Waals surface area contributed by atoms with Crippen LogP contribution in [0.15, 0.2) is 0 Å². The van der Waals surface area contributed by atoms with Crippen LogP contribution in [0.3, 0.4) is 0 Å². The van der Waals surface area contributed by atoms with Crippen molar-refractivity contribution < 1.29 is 9.90 Å². The van der Waals surface area contributed by atoms with Gasteiger partial charge in [0.15, 0.2) is 0 Å². The Kier molecular flexibility index (Phi) is 20.9. The van der Waals surface area contributed by atoms with Gasteiger partial charge in [-0.3, -0.25) is 0 Å². The van der Waals surface area contributed by atoms with Gasteiger partial charge in [-0.2, -0.15) is 0 Å². The van der Waals surface area contributed by atoms with Crippen molar-refractivity contribution in [2.24, 2.45) is 11.3 Å². The lowest BCUT2D eigenvalue weighted by Gasteiger charge is -2.35. The lowest BCUT2D eigenvalue weighted by molar-refractivity contribution is -0.320. The van der Waals surface area contributed by atoms with E-state index in [-0.39, 0.29) is 12.1 Å². The summed E-state index contributed by atoms with van der Waals surface area (Å²) in [6.07, 6.45) is 23.0. The molecule has 0 rings (SSSR count). The smallest absolute Gasteiger partial charge is 0.0473 e. The molecule has 0 aliphatic carbocycles. The summed E-state index contributed by atoms with van der Waals surface area (Å²) in [5.74, 6) is -0.602. The molecule has 0 saturated heterocycles. The molecule has 3 nitrogen and oxygen atoms in total. The van der Waals surface area contributed by atoms with Crippen molar-refractivity contribution in [3.05, 3.63) is 0 Å². The highest BCUT2D eigenvalue weighted by Crippen LogP contribution is 2.35. The Morgan fingerprint density at radius 2 is 0.929 bits per heavy atom. The summed E-state index contributed by atoms with van der Waals surface area (Å²) in [7, 11) is 0. The van der Waals surface area contributed by atoms with Crippen molar-refractivity contribution in [2.45, 2.75) is 143 Å². The van der Waals surface area contributed by atoms with Crippen LogP contribution in [0, 0.1) is 11.3 Å². The monoisotopic (exact) mass is 399 g/mol. The van der Waals surface area contributed by atoms with Crippen molar-refractivity contribution in [1.82, 2.24) is 6.15 Å². The summed E-state index contributed by atoms with van der Waals surface area (Å²) in [6.45, 7) is 8.27. The van der Waals surface area contributed by atoms with Gasteiger partial charge >= 0.3 is 0 Å². The molecule has 0 fully saturated rings. The van der Waals surface area contributed by atoms with E-state index in [0.717, 1.165) is 12.8 Å². The first-order valence-electron chi connectivity index (χ1n) is 12.2. The second kappa shape index (κ2) is 19.7. The quantitative estimate of drug-likeness (QED) is 0.212. The lowest BCUT2D eigenvalue weighted by Crippen LogP contribution is -2.43. The van der Waals surface area contributed by atoms with Gasteiger partial charge in [0, 0.05) is 11.4 Å². The lowest BCUT2D eigenvalue weighted by atomic mass is 9.73. The van der Waals surface area contributed by atoms with Crippen LogP contribution in [0.5, 0.6) is 0 Å². The van der Waals surface area contributed by atoms with E-state index in [1.54, 1.807) is 0 Å². The minimum atomic E-state index is -0.869. The van der Waals surface area contributed by atoms with Crippen LogP contribution in [-0.2, 0) is 4.79 Å². The highest BCUT2D eigenvalue weighted by atomic mass is 16.4. The molecule has 0 unspecified atom stereocenters. The van der Waals surface area contributed by atoms with Gasteiger partial charge in [-0.25, -0.2) is 0 Å². The second-order valence-corrected chi connectivity index (χ2v) is 9.23. The average molecular weight is 400 g/mol. The number of carbonyl (C=O) groups is 1. The van der Waals surface area contributed by atoms with E-state index in [1.165, 1.54) is 103 Å². The highest BCUT2D eigenvalue weighted by molar-refractivity contribution is 5.71. The van der Waals surface area contributed by atoms with Gasteiger partial charge in [0.25, 0.3) is 0 Å². The molecule has 3 heteroatoms. The van der Waals surface area contributed by atoms with Crippen molar-refractivity contribution in [3.63, 3.8) is 0 Å². The third-order valence-electron chi connectivity index (χ3n) is 6.36. The van der Waals surface area contributed by atoms with Crippen molar-refractivity contribution in [1.29, 1.82) is 0 Å². The van der Waals surface area contributed by atoms with E-state index in [2.05, 4.69) is 13.8 Å². The van der Waals surface area contributed by atoms with Crippen molar-refractivity contribution in [3.8, 4) is 0 Å². The fourth-order valence-corrected chi connectivity index (χ4v) is 4.08. The Labute approximate surface area is 177 Å². The molecule has 0 spiro atoms. The minimum absolute atomic E-state index is 0. The topological polar surface area (TPSA) is 76.6 Å². The highest BCUT2D eigenvalue weighted by Gasteiger charge is 2.29. The van der Waals surface area contributed by atoms with Crippen molar-refractivity contribution >= 4 is 5.97 Å². The number of carboxylic acid groups (broad SMARTS) is 1. The molecule has 0 aliphatic rings. The zero-order chi connectivity index (χ0) is 20.4. The molecule has 0 atom stereocenters. The van der Waals surface area contributed by atoms with E-state index in [0.29, 0.717) is 0 Å². The molecule has 170 valence electrons. The Morgan fingerprint density at radius 1 is 0.643 bits per heavy atom. The predicted octanol–water partition coefficient (Wildman–Crippen LogP) is 7.82. The summed E-state index contributed by atoms with van der Waals surface area (Å²) in [5.41, 5.74) is -0.692. The van der Waals surface area contributed by atoms with Crippen LogP contribution in [0.4, 0.5) is 0 Å².